The lowest BCUT2D eigenvalue weighted by Gasteiger charge is -2.23. The Morgan fingerprint density at radius 1 is 1.03 bits per heavy atom. The van der Waals surface area contributed by atoms with Gasteiger partial charge in [-0.05, 0) is 66.2 Å². The zero-order valence-corrected chi connectivity index (χ0v) is 19.0. The molecule has 2 aromatic rings. The summed E-state index contributed by atoms with van der Waals surface area (Å²) in [6, 6.07) is 12.8. The zero-order valence-electron chi connectivity index (χ0n) is 17.4. The van der Waals surface area contributed by atoms with Gasteiger partial charge in [0.2, 0.25) is 5.91 Å². The maximum Gasteiger partial charge on any atom is 0.285 e. The van der Waals surface area contributed by atoms with Crippen LogP contribution in [0.3, 0.4) is 0 Å². The van der Waals surface area contributed by atoms with Crippen molar-refractivity contribution in [1.82, 2.24) is 10.2 Å². The lowest BCUT2D eigenvalue weighted by molar-refractivity contribution is -0.119. The first-order valence-electron chi connectivity index (χ1n) is 9.57. The van der Waals surface area contributed by atoms with Gasteiger partial charge in [0, 0.05) is 35.3 Å². The molecule has 160 valence electrons. The Hall–Kier alpha value is -2.51. The summed E-state index contributed by atoms with van der Waals surface area (Å²) < 4.78 is 0. The van der Waals surface area contributed by atoms with Gasteiger partial charge in [0.25, 0.3) is 11.1 Å². The first-order chi connectivity index (χ1) is 14.2. The molecule has 2 unspecified atom stereocenters. The van der Waals surface area contributed by atoms with E-state index in [-0.39, 0.29) is 23.0 Å². The fraction of sp³-hybridized carbons (Fsp3) is 0.318. The lowest BCUT2D eigenvalue weighted by atomic mass is 9.97. The predicted octanol–water partition coefficient (Wildman–Crippen LogP) is 4.90. The third-order valence-electron chi connectivity index (χ3n) is 4.58. The summed E-state index contributed by atoms with van der Waals surface area (Å²) in [7, 11) is 3.38. The number of hydrogen-bond acceptors (Lipinski definition) is 4. The first-order valence-corrected chi connectivity index (χ1v) is 10.8. The summed E-state index contributed by atoms with van der Waals surface area (Å²) >= 11 is 6.98. The molecular weight excluding hydrogens is 422 g/mol. The Kier molecular flexibility index (Phi) is 8.74. The first kappa shape index (κ1) is 23.8. The third kappa shape index (κ3) is 6.78. The number of carbonyl (C=O) groups excluding carboxylic acids is 3. The van der Waals surface area contributed by atoms with Crippen LogP contribution in [0.25, 0.3) is 0 Å². The van der Waals surface area contributed by atoms with E-state index in [1.54, 1.807) is 62.6 Å². The smallest absolute Gasteiger partial charge is 0.285 e. The van der Waals surface area contributed by atoms with Crippen LogP contribution in [-0.2, 0) is 4.79 Å². The highest BCUT2D eigenvalue weighted by atomic mass is 35.5. The Balaban J connectivity index is 2.07. The van der Waals surface area contributed by atoms with E-state index in [1.807, 2.05) is 13.8 Å². The van der Waals surface area contributed by atoms with Crippen LogP contribution in [0.1, 0.15) is 30.6 Å². The molecule has 0 saturated carbocycles. The number of carbonyl (C=O) groups is 3. The second kappa shape index (κ2) is 11.0. The molecule has 2 aromatic carbocycles. The van der Waals surface area contributed by atoms with E-state index in [2.05, 4.69) is 10.6 Å². The summed E-state index contributed by atoms with van der Waals surface area (Å²) in [5.74, 6) is -0.689. The SMILES string of the molecule is CCC(C)C(NC(=O)c1ccc(Cl)cc1)C(=O)Nc1ccc(SC(=O)N(C)C)cc1. The normalized spacial score (nSPS) is 12.6. The van der Waals surface area contributed by atoms with Gasteiger partial charge >= 0.3 is 0 Å². The van der Waals surface area contributed by atoms with Crippen LogP contribution < -0.4 is 10.6 Å². The van der Waals surface area contributed by atoms with Crippen LogP contribution in [-0.4, -0.2) is 42.1 Å². The van der Waals surface area contributed by atoms with Crippen LogP contribution in [0, 0.1) is 5.92 Å². The van der Waals surface area contributed by atoms with E-state index >= 15 is 0 Å². The number of benzene rings is 2. The summed E-state index contributed by atoms with van der Waals surface area (Å²) in [5, 5.41) is 6.14. The van der Waals surface area contributed by atoms with Gasteiger partial charge in [-0.1, -0.05) is 31.9 Å². The summed E-state index contributed by atoms with van der Waals surface area (Å²) in [6.07, 6.45) is 0.723. The molecule has 0 radical (unpaired) electrons. The van der Waals surface area contributed by atoms with Crippen molar-refractivity contribution in [1.29, 1.82) is 0 Å². The van der Waals surface area contributed by atoms with Crippen molar-refractivity contribution in [3.63, 3.8) is 0 Å². The molecule has 0 aliphatic rings. The molecule has 2 N–H and O–H groups in total. The van der Waals surface area contributed by atoms with Gasteiger partial charge in [-0.3, -0.25) is 14.4 Å². The predicted molar refractivity (Wildman–Crippen MR) is 122 cm³/mol. The zero-order chi connectivity index (χ0) is 22.3. The number of thioether (sulfide) groups is 1. The van der Waals surface area contributed by atoms with Crippen LogP contribution in [0.4, 0.5) is 10.5 Å². The molecule has 0 fully saturated rings. The van der Waals surface area contributed by atoms with Crippen LogP contribution in [0.15, 0.2) is 53.4 Å². The average molecular weight is 448 g/mol. The van der Waals surface area contributed by atoms with E-state index in [9.17, 15) is 14.4 Å². The van der Waals surface area contributed by atoms with Crippen molar-refractivity contribution in [3.05, 3.63) is 59.1 Å². The topological polar surface area (TPSA) is 78.5 Å². The van der Waals surface area contributed by atoms with Gasteiger partial charge in [-0.25, -0.2) is 0 Å². The Morgan fingerprint density at radius 3 is 2.17 bits per heavy atom. The number of amides is 3. The second-order valence-electron chi connectivity index (χ2n) is 7.12. The molecule has 0 aliphatic carbocycles. The van der Waals surface area contributed by atoms with E-state index in [0.717, 1.165) is 23.1 Å². The molecule has 3 amide bonds. The molecule has 2 rings (SSSR count). The molecule has 0 saturated heterocycles. The highest BCUT2D eigenvalue weighted by molar-refractivity contribution is 8.13. The van der Waals surface area contributed by atoms with Crippen molar-refractivity contribution >= 4 is 46.1 Å². The van der Waals surface area contributed by atoms with Gasteiger partial charge in [0.1, 0.15) is 6.04 Å². The van der Waals surface area contributed by atoms with Gasteiger partial charge in [0.05, 0.1) is 0 Å². The molecule has 0 spiro atoms. The molecule has 2 atom stereocenters. The Bertz CT molecular complexity index is 886. The van der Waals surface area contributed by atoms with Crippen LogP contribution in [0.2, 0.25) is 5.02 Å². The number of anilines is 1. The highest BCUT2D eigenvalue weighted by Gasteiger charge is 2.26. The fourth-order valence-corrected chi connectivity index (χ4v) is 3.33. The van der Waals surface area contributed by atoms with Crippen LogP contribution >= 0.6 is 23.4 Å². The van der Waals surface area contributed by atoms with Gasteiger partial charge in [-0.15, -0.1) is 0 Å². The maximum atomic E-state index is 12.9. The minimum Gasteiger partial charge on any atom is -0.340 e. The Morgan fingerprint density at radius 2 is 1.63 bits per heavy atom. The van der Waals surface area contributed by atoms with Crippen molar-refractivity contribution < 1.29 is 14.4 Å². The van der Waals surface area contributed by atoms with E-state index in [4.69, 9.17) is 11.6 Å². The molecule has 6 nitrogen and oxygen atoms in total. The number of rotatable bonds is 7. The molecule has 30 heavy (non-hydrogen) atoms. The molecule has 0 heterocycles. The number of nitrogens with zero attached hydrogens (tertiary/aromatic N) is 1. The molecular formula is C22H26ClN3O3S. The van der Waals surface area contributed by atoms with E-state index in [1.165, 1.54) is 4.90 Å². The summed E-state index contributed by atoms with van der Waals surface area (Å²) in [5.41, 5.74) is 1.03. The molecule has 8 heteroatoms. The van der Waals surface area contributed by atoms with Crippen molar-refractivity contribution in [2.75, 3.05) is 19.4 Å². The number of nitrogens with one attached hydrogen (secondary N) is 2. The Labute approximate surface area is 186 Å². The van der Waals surface area contributed by atoms with Crippen LogP contribution in [0.5, 0.6) is 0 Å². The lowest BCUT2D eigenvalue weighted by Crippen LogP contribution is -2.47. The summed E-state index contributed by atoms with van der Waals surface area (Å²) in [4.78, 5) is 39.5. The quantitative estimate of drug-likeness (QED) is 0.592. The molecule has 0 bridgehead atoms. The largest absolute Gasteiger partial charge is 0.340 e. The van der Waals surface area contributed by atoms with Crippen molar-refractivity contribution in [2.24, 2.45) is 5.92 Å². The monoisotopic (exact) mass is 447 g/mol. The third-order valence-corrected chi connectivity index (χ3v) is 5.88. The van der Waals surface area contributed by atoms with Gasteiger partial charge in [0.15, 0.2) is 0 Å². The molecule has 0 aromatic heterocycles. The number of hydrogen-bond donors (Lipinski definition) is 2. The standard InChI is InChI=1S/C22H26ClN3O3S/c1-5-14(2)19(25-20(27)15-6-8-16(23)9-7-15)21(28)24-17-10-12-18(13-11-17)30-22(29)26(3)4/h6-14,19H,5H2,1-4H3,(H,24,28)(H,25,27). The second-order valence-corrected chi connectivity index (χ2v) is 8.58. The van der Waals surface area contributed by atoms with E-state index < -0.39 is 6.04 Å². The van der Waals surface area contributed by atoms with Crippen molar-refractivity contribution in [3.8, 4) is 0 Å². The summed E-state index contributed by atoms with van der Waals surface area (Å²) in [6.45, 7) is 3.88. The molecule has 0 aliphatic heterocycles. The van der Waals surface area contributed by atoms with Crippen molar-refractivity contribution in [2.45, 2.75) is 31.2 Å². The maximum absolute atomic E-state index is 12.9. The fourth-order valence-electron chi connectivity index (χ4n) is 2.55. The van der Waals surface area contributed by atoms with Gasteiger partial charge in [-0.2, -0.15) is 0 Å². The minimum absolute atomic E-state index is 0.0613. The highest BCUT2D eigenvalue weighted by Crippen LogP contribution is 2.23. The number of halogens is 1. The van der Waals surface area contributed by atoms with E-state index in [0.29, 0.717) is 16.3 Å². The average Bonchev–Trinajstić information content (AvgIpc) is 2.72. The van der Waals surface area contributed by atoms with Gasteiger partial charge < -0.3 is 15.5 Å². The minimum atomic E-state index is -0.692.